The third kappa shape index (κ3) is 3.05. The first-order chi connectivity index (χ1) is 8.56. The van der Waals surface area contributed by atoms with E-state index in [9.17, 15) is 13.9 Å². The van der Waals surface area contributed by atoms with Crippen LogP contribution < -0.4 is 0 Å². The number of aliphatic hydroxyl groups is 1. The number of rotatable bonds is 3. The lowest BCUT2D eigenvalue weighted by Crippen LogP contribution is -1.92. The Morgan fingerprint density at radius 1 is 1.22 bits per heavy atom. The lowest BCUT2D eigenvalue weighted by Gasteiger charge is -2.06. The summed E-state index contributed by atoms with van der Waals surface area (Å²) in [6.07, 6.45) is 0.923. The van der Waals surface area contributed by atoms with Crippen molar-refractivity contribution in [1.82, 2.24) is 4.98 Å². The fourth-order valence-corrected chi connectivity index (χ4v) is 2.17. The quantitative estimate of drug-likeness (QED) is 0.923. The summed E-state index contributed by atoms with van der Waals surface area (Å²) in [5.74, 6) is -0.970. The SMILES string of the molecule is CC(O)c1ccc(Sc2cc(F)ccc2F)nc1. The first-order valence-corrected chi connectivity index (χ1v) is 6.15. The molecule has 18 heavy (non-hydrogen) atoms. The van der Waals surface area contributed by atoms with E-state index in [0.717, 1.165) is 30.0 Å². The van der Waals surface area contributed by atoms with E-state index in [1.807, 2.05) is 0 Å². The molecule has 1 N–H and O–H groups in total. The molecule has 5 heteroatoms. The summed E-state index contributed by atoms with van der Waals surface area (Å²) in [6, 6.07) is 6.66. The molecule has 2 rings (SSSR count). The predicted molar refractivity (Wildman–Crippen MR) is 65.4 cm³/mol. The van der Waals surface area contributed by atoms with E-state index in [-0.39, 0.29) is 4.90 Å². The molecular weight excluding hydrogens is 256 g/mol. The number of hydrogen-bond acceptors (Lipinski definition) is 3. The van der Waals surface area contributed by atoms with Gasteiger partial charge in [-0.25, -0.2) is 13.8 Å². The molecule has 0 saturated heterocycles. The Bertz CT molecular complexity index is 543. The first kappa shape index (κ1) is 13.0. The molecule has 1 atom stereocenters. The number of halogens is 2. The van der Waals surface area contributed by atoms with Crippen LogP contribution >= 0.6 is 11.8 Å². The highest BCUT2D eigenvalue weighted by molar-refractivity contribution is 7.99. The van der Waals surface area contributed by atoms with Crippen molar-refractivity contribution >= 4 is 11.8 Å². The topological polar surface area (TPSA) is 33.1 Å². The maximum atomic E-state index is 13.4. The van der Waals surface area contributed by atoms with Crippen molar-refractivity contribution in [2.75, 3.05) is 0 Å². The van der Waals surface area contributed by atoms with Gasteiger partial charge in [-0.1, -0.05) is 17.8 Å². The molecule has 0 aliphatic rings. The molecule has 0 spiro atoms. The van der Waals surface area contributed by atoms with Gasteiger partial charge in [-0.3, -0.25) is 0 Å². The van der Waals surface area contributed by atoms with Crippen molar-refractivity contribution in [2.45, 2.75) is 22.9 Å². The molecular formula is C13H11F2NOS. The van der Waals surface area contributed by atoms with Gasteiger partial charge in [0, 0.05) is 6.20 Å². The van der Waals surface area contributed by atoms with Crippen LogP contribution in [0.25, 0.3) is 0 Å². The normalized spacial score (nSPS) is 12.4. The monoisotopic (exact) mass is 267 g/mol. The molecule has 0 bridgehead atoms. The van der Waals surface area contributed by atoms with Crippen molar-refractivity contribution in [1.29, 1.82) is 0 Å². The van der Waals surface area contributed by atoms with E-state index in [2.05, 4.69) is 4.98 Å². The fraction of sp³-hybridized carbons (Fsp3) is 0.154. The van der Waals surface area contributed by atoms with Crippen LogP contribution in [-0.2, 0) is 0 Å². The summed E-state index contributed by atoms with van der Waals surface area (Å²) in [5, 5.41) is 9.87. The zero-order valence-corrected chi connectivity index (χ0v) is 10.4. The van der Waals surface area contributed by atoms with Crippen molar-refractivity contribution in [3.05, 3.63) is 53.7 Å². The van der Waals surface area contributed by atoms with Gasteiger partial charge in [-0.05, 0) is 36.8 Å². The minimum absolute atomic E-state index is 0.187. The van der Waals surface area contributed by atoms with E-state index in [1.165, 1.54) is 6.20 Å². The van der Waals surface area contributed by atoms with E-state index in [0.29, 0.717) is 10.6 Å². The van der Waals surface area contributed by atoms with Gasteiger partial charge in [0.2, 0.25) is 0 Å². The van der Waals surface area contributed by atoms with E-state index in [4.69, 9.17) is 0 Å². The average molecular weight is 267 g/mol. The van der Waals surface area contributed by atoms with Gasteiger partial charge in [0.25, 0.3) is 0 Å². The summed E-state index contributed by atoms with van der Waals surface area (Å²) in [4.78, 5) is 4.27. The van der Waals surface area contributed by atoms with Crippen molar-refractivity contribution in [3.8, 4) is 0 Å². The van der Waals surface area contributed by atoms with Crippen LogP contribution in [0.1, 0.15) is 18.6 Å². The zero-order chi connectivity index (χ0) is 13.1. The van der Waals surface area contributed by atoms with E-state index < -0.39 is 17.7 Å². The van der Waals surface area contributed by atoms with Crippen molar-refractivity contribution in [2.24, 2.45) is 0 Å². The number of hydrogen-bond donors (Lipinski definition) is 1. The van der Waals surface area contributed by atoms with Gasteiger partial charge in [0.05, 0.1) is 11.0 Å². The molecule has 0 amide bonds. The summed E-state index contributed by atoms with van der Waals surface area (Å²) in [6.45, 7) is 1.63. The molecule has 0 radical (unpaired) electrons. The smallest absolute Gasteiger partial charge is 0.137 e. The second-order valence-electron chi connectivity index (χ2n) is 3.78. The Labute approximate surface area is 108 Å². The average Bonchev–Trinajstić information content (AvgIpc) is 2.34. The van der Waals surface area contributed by atoms with E-state index >= 15 is 0 Å². The summed E-state index contributed by atoms with van der Waals surface area (Å²) in [5.41, 5.74) is 0.680. The molecule has 2 nitrogen and oxygen atoms in total. The fourth-order valence-electron chi connectivity index (χ4n) is 1.37. The Morgan fingerprint density at radius 3 is 2.61 bits per heavy atom. The highest BCUT2D eigenvalue weighted by atomic mass is 32.2. The van der Waals surface area contributed by atoms with Gasteiger partial charge in [-0.15, -0.1) is 0 Å². The third-order valence-corrected chi connectivity index (χ3v) is 3.33. The third-order valence-electron chi connectivity index (χ3n) is 2.35. The second kappa shape index (κ2) is 5.46. The molecule has 94 valence electrons. The maximum Gasteiger partial charge on any atom is 0.137 e. The molecule has 1 heterocycles. The van der Waals surface area contributed by atoms with Crippen molar-refractivity contribution < 1.29 is 13.9 Å². The summed E-state index contributed by atoms with van der Waals surface area (Å²) >= 11 is 1.04. The predicted octanol–water partition coefficient (Wildman–Crippen LogP) is 3.56. The Morgan fingerprint density at radius 2 is 2.00 bits per heavy atom. The van der Waals surface area contributed by atoms with Gasteiger partial charge < -0.3 is 5.11 Å². The Hall–Kier alpha value is -1.46. The minimum Gasteiger partial charge on any atom is -0.389 e. The van der Waals surface area contributed by atoms with Gasteiger partial charge in [-0.2, -0.15) is 0 Å². The number of nitrogens with zero attached hydrogens (tertiary/aromatic N) is 1. The van der Waals surface area contributed by atoms with Gasteiger partial charge in [0.15, 0.2) is 0 Å². The largest absolute Gasteiger partial charge is 0.389 e. The molecule has 0 aliphatic heterocycles. The van der Waals surface area contributed by atoms with E-state index in [1.54, 1.807) is 19.1 Å². The Kier molecular flexibility index (Phi) is 3.93. The van der Waals surface area contributed by atoms with Crippen LogP contribution in [0.3, 0.4) is 0 Å². The number of aliphatic hydroxyl groups excluding tert-OH is 1. The molecule has 0 aliphatic carbocycles. The summed E-state index contributed by atoms with van der Waals surface area (Å²) < 4.78 is 26.4. The second-order valence-corrected chi connectivity index (χ2v) is 4.84. The Balaban J connectivity index is 2.21. The van der Waals surface area contributed by atoms with Crippen molar-refractivity contribution in [3.63, 3.8) is 0 Å². The highest BCUT2D eigenvalue weighted by Gasteiger charge is 2.07. The standard InChI is InChI=1S/C13H11F2NOS/c1-8(17)9-2-5-13(16-7-9)18-12-6-10(14)3-4-11(12)15/h2-8,17H,1H3. The van der Waals surface area contributed by atoms with Crippen LogP contribution in [0, 0.1) is 11.6 Å². The zero-order valence-electron chi connectivity index (χ0n) is 9.60. The highest BCUT2D eigenvalue weighted by Crippen LogP contribution is 2.29. The molecule has 1 unspecified atom stereocenters. The number of benzene rings is 1. The van der Waals surface area contributed by atoms with Crippen LogP contribution in [0.15, 0.2) is 46.5 Å². The van der Waals surface area contributed by atoms with Gasteiger partial charge in [0.1, 0.15) is 16.7 Å². The lowest BCUT2D eigenvalue weighted by molar-refractivity contribution is 0.198. The molecule has 0 fully saturated rings. The summed E-state index contributed by atoms with van der Waals surface area (Å²) in [7, 11) is 0. The molecule has 1 aromatic heterocycles. The van der Waals surface area contributed by atoms with Crippen LogP contribution in [0.5, 0.6) is 0 Å². The molecule has 1 aromatic carbocycles. The maximum absolute atomic E-state index is 13.4. The van der Waals surface area contributed by atoms with Crippen LogP contribution in [0.4, 0.5) is 8.78 Å². The first-order valence-electron chi connectivity index (χ1n) is 5.33. The minimum atomic E-state index is -0.595. The van der Waals surface area contributed by atoms with Crippen LogP contribution in [-0.4, -0.2) is 10.1 Å². The number of aromatic nitrogens is 1. The number of pyridine rings is 1. The van der Waals surface area contributed by atoms with Gasteiger partial charge >= 0.3 is 0 Å². The molecule has 0 saturated carbocycles. The van der Waals surface area contributed by atoms with Crippen LogP contribution in [0.2, 0.25) is 0 Å². The molecule has 2 aromatic rings. The lowest BCUT2D eigenvalue weighted by atomic mass is 10.2.